The molecule has 1 N–H and O–H groups in total. The van der Waals surface area contributed by atoms with Crippen LogP contribution in [0.5, 0.6) is 0 Å². The summed E-state index contributed by atoms with van der Waals surface area (Å²) >= 11 is 0. The van der Waals surface area contributed by atoms with Crippen LogP contribution in [0.25, 0.3) is 18.2 Å². The average Bonchev–Trinajstić information content (AvgIpc) is 3.10. The zero-order valence-corrected chi connectivity index (χ0v) is 30.3. The standard InChI is InChI=1S/C40H55N4S2/c1-6-35(25-28-41-7-2)13-14-36-17-21-39(22-18-36)42(4)29-9-11-33-45-46-34-12-10-30-43(5)40-23-19-37(20-24-40)15-16-38-26-31-44(8-3)32-27-38/h6,13-28,31-32,41H,7-12,29-30,33-34H2,1-5H3/q+1/b14-13+,28-25-,35-6-. The summed E-state index contributed by atoms with van der Waals surface area (Å²) in [5.74, 6) is 2.45. The van der Waals surface area contributed by atoms with Crippen LogP contribution in [-0.2, 0) is 6.54 Å². The first-order valence-corrected chi connectivity index (χ1v) is 19.3. The zero-order chi connectivity index (χ0) is 32.8. The first-order valence-electron chi connectivity index (χ1n) is 16.8. The molecule has 246 valence electrons. The number of hydrogen-bond donors (Lipinski definition) is 1. The molecule has 0 spiro atoms. The van der Waals surface area contributed by atoms with Gasteiger partial charge in [0, 0.05) is 68.7 Å². The van der Waals surface area contributed by atoms with Crippen LogP contribution in [-0.4, -0.2) is 45.2 Å². The number of rotatable bonds is 21. The van der Waals surface area contributed by atoms with E-state index in [4.69, 9.17) is 0 Å². The van der Waals surface area contributed by atoms with Gasteiger partial charge in [0.1, 0.15) is 6.54 Å². The fourth-order valence-electron chi connectivity index (χ4n) is 4.77. The molecule has 0 saturated heterocycles. The summed E-state index contributed by atoms with van der Waals surface area (Å²) < 4.78 is 2.18. The number of benzene rings is 2. The van der Waals surface area contributed by atoms with Gasteiger partial charge in [0.05, 0.1) is 0 Å². The number of anilines is 2. The van der Waals surface area contributed by atoms with Crippen LogP contribution in [0, 0.1) is 0 Å². The van der Waals surface area contributed by atoms with Crippen molar-refractivity contribution in [2.24, 2.45) is 0 Å². The van der Waals surface area contributed by atoms with E-state index in [2.05, 4.69) is 164 Å². The van der Waals surface area contributed by atoms with Gasteiger partial charge in [-0.05, 0) is 105 Å². The second-order valence-electron chi connectivity index (χ2n) is 11.4. The summed E-state index contributed by atoms with van der Waals surface area (Å²) in [6.45, 7) is 10.4. The Morgan fingerprint density at radius 3 is 1.65 bits per heavy atom. The molecule has 0 radical (unpaired) electrons. The van der Waals surface area contributed by atoms with Crippen molar-refractivity contribution in [3.05, 3.63) is 120 Å². The third-order valence-corrected chi connectivity index (χ3v) is 10.4. The summed E-state index contributed by atoms with van der Waals surface area (Å²) in [5, 5.41) is 3.22. The maximum atomic E-state index is 3.22. The highest BCUT2D eigenvalue weighted by Crippen LogP contribution is 2.25. The van der Waals surface area contributed by atoms with Crippen LogP contribution in [0.1, 0.15) is 63.1 Å². The second kappa shape index (κ2) is 22.2. The third-order valence-electron chi connectivity index (χ3n) is 7.84. The van der Waals surface area contributed by atoms with Crippen LogP contribution in [0.4, 0.5) is 11.4 Å². The predicted octanol–water partition coefficient (Wildman–Crippen LogP) is 9.76. The molecule has 46 heavy (non-hydrogen) atoms. The summed E-state index contributed by atoms with van der Waals surface area (Å²) in [6, 6.07) is 22.1. The molecule has 0 aliphatic rings. The third kappa shape index (κ3) is 14.4. The molecule has 3 rings (SSSR count). The van der Waals surface area contributed by atoms with Gasteiger partial charge in [-0.1, -0.05) is 76.2 Å². The molecule has 6 heteroatoms. The van der Waals surface area contributed by atoms with Crippen molar-refractivity contribution in [2.75, 3.05) is 55.0 Å². The minimum Gasteiger partial charge on any atom is -0.391 e. The Morgan fingerprint density at radius 1 is 0.674 bits per heavy atom. The highest BCUT2D eigenvalue weighted by atomic mass is 33.1. The van der Waals surface area contributed by atoms with Crippen LogP contribution in [0.2, 0.25) is 0 Å². The van der Waals surface area contributed by atoms with Gasteiger partial charge in [0.15, 0.2) is 12.4 Å². The van der Waals surface area contributed by atoms with Crippen molar-refractivity contribution >= 4 is 51.2 Å². The molecule has 0 atom stereocenters. The lowest BCUT2D eigenvalue weighted by Crippen LogP contribution is -2.30. The lowest BCUT2D eigenvalue weighted by atomic mass is 10.1. The number of nitrogens with zero attached hydrogens (tertiary/aromatic N) is 3. The van der Waals surface area contributed by atoms with Crippen LogP contribution in [0.15, 0.2) is 103 Å². The number of pyridine rings is 1. The van der Waals surface area contributed by atoms with Crippen molar-refractivity contribution in [3.8, 4) is 0 Å². The number of nitrogens with one attached hydrogen (secondary N) is 1. The minimum atomic E-state index is 0.939. The van der Waals surface area contributed by atoms with E-state index in [9.17, 15) is 0 Å². The molecule has 0 amide bonds. The molecule has 0 aliphatic carbocycles. The quantitative estimate of drug-likeness (QED) is 0.0533. The molecule has 0 saturated carbocycles. The van der Waals surface area contributed by atoms with Gasteiger partial charge in [-0.3, -0.25) is 0 Å². The van der Waals surface area contributed by atoms with Gasteiger partial charge in [0.25, 0.3) is 0 Å². The summed E-state index contributed by atoms with van der Waals surface area (Å²) in [5.41, 5.74) is 7.44. The Labute approximate surface area is 287 Å². The number of hydrogen-bond acceptors (Lipinski definition) is 5. The van der Waals surface area contributed by atoms with E-state index < -0.39 is 0 Å². The highest BCUT2D eigenvalue weighted by Gasteiger charge is 2.03. The number of aryl methyl sites for hydroxylation is 1. The minimum absolute atomic E-state index is 0.939. The van der Waals surface area contributed by atoms with Crippen molar-refractivity contribution in [3.63, 3.8) is 0 Å². The van der Waals surface area contributed by atoms with Crippen molar-refractivity contribution in [1.29, 1.82) is 0 Å². The van der Waals surface area contributed by atoms with Gasteiger partial charge in [-0.2, -0.15) is 0 Å². The number of unbranched alkanes of at least 4 members (excludes halogenated alkanes) is 2. The highest BCUT2D eigenvalue weighted by molar-refractivity contribution is 8.76. The summed E-state index contributed by atoms with van der Waals surface area (Å²) in [6.07, 6.45) is 24.1. The SMILES string of the molecule is C/C=C(\C=C/NCC)/C=C/c1ccc(N(C)CCCCSSCCCCN(C)c2ccc(/C=C/c3cc[n+](CC)cc3)cc2)cc1. The van der Waals surface area contributed by atoms with E-state index in [1.165, 1.54) is 70.8 Å². The normalized spacial score (nSPS) is 12.1. The van der Waals surface area contributed by atoms with Crippen LogP contribution < -0.4 is 19.7 Å². The molecule has 2 aromatic carbocycles. The average molecular weight is 656 g/mol. The fourth-order valence-corrected chi connectivity index (χ4v) is 7.07. The smallest absolute Gasteiger partial charge is 0.169 e. The molecular weight excluding hydrogens is 601 g/mol. The maximum Gasteiger partial charge on any atom is 0.169 e. The Kier molecular flexibility index (Phi) is 17.9. The monoisotopic (exact) mass is 655 g/mol. The maximum absolute atomic E-state index is 3.22. The van der Waals surface area contributed by atoms with Gasteiger partial charge < -0.3 is 15.1 Å². The number of aromatic nitrogens is 1. The van der Waals surface area contributed by atoms with E-state index in [1.54, 1.807) is 0 Å². The first-order chi connectivity index (χ1) is 22.5. The van der Waals surface area contributed by atoms with Crippen LogP contribution in [0.3, 0.4) is 0 Å². The second-order valence-corrected chi connectivity index (χ2v) is 14.1. The van der Waals surface area contributed by atoms with E-state index >= 15 is 0 Å². The molecule has 0 unspecified atom stereocenters. The molecule has 1 aromatic heterocycles. The van der Waals surface area contributed by atoms with E-state index in [0.717, 1.165) is 26.2 Å². The van der Waals surface area contributed by atoms with E-state index in [1.807, 2.05) is 27.8 Å². The lowest BCUT2D eigenvalue weighted by Gasteiger charge is -2.19. The Hall–Kier alpha value is -3.35. The molecular formula is C40H55N4S2+. The van der Waals surface area contributed by atoms with Gasteiger partial charge >= 0.3 is 0 Å². The van der Waals surface area contributed by atoms with E-state index in [0.29, 0.717) is 0 Å². The van der Waals surface area contributed by atoms with Gasteiger partial charge in [-0.25, -0.2) is 4.57 Å². The zero-order valence-electron chi connectivity index (χ0n) is 28.7. The van der Waals surface area contributed by atoms with Crippen molar-refractivity contribution < 1.29 is 4.57 Å². The van der Waals surface area contributed by atoms with Gasteiger partial charge in [-0.15, -0.1) is 0 Å². The topological polar surface area (TPSA) is 22.4 Å². The molecule has 3 aromatic rings. The summed E-state index contributed by atoms with van der Waals surface area (Å²) in [7, 11) is 8.47. The predicted molar refractivity (Wildman–Crippen MR) is 210 cm³/mol. The Balaban J connectivity index is 1.22. The van der Waals surface area contributed by atoms with Gasteiger partial charge in [0.2, 0.25) is 0 Å². The number of allylic oxidation sites excluding steroid dienone is 4. The lowest BCUT2D eigenvalue weighted by molar-refractivity contribution is -0.693. The Morgan fingerprint density at radius 2 is 1.17 bits per heavy atom. The van der Waals surface area contributed by atoms with Crippen molar-refractivity contribution in [1.82, 2.24) is 5.32 Å². The summed E-state index contributed by atoms with van der Waals surface area (Å²) in [4.78, 5) is 4.74. The van der Waals surface area contributed by atoms with Crippen LogP contribution >= 0.6 is 21.6 Å². The molecule has 0 fully saturated rings. The fraction of sp³-hybridized carbons (Fsp3) is 0.375. The van der Waals surface area contributed by atoms with E-state index in [-0.39, 0.29) is 0 Å². The first kappa shape index (κ1) is 37.1. The molecule has 1 heterocycles. The van der Waals surface area contributed by atoms with Crippen molar-refractivity contribution in [2.45, 2.75) is 53.0 Å². The largest absolute Gasteiger partial charge is 0.391 e. The molecule has 0 bridgehead atoms. The molecule has 0 aliphatic heterocycles. The Bertz CT molecular complexity index is 1360. The molecule has 4 nitrogen and oxygen atoms in total.